The van der Waals surface area contributed by atoms with Gasteiger partial charge in [0.15, 0.2) is 0 Å². The van der Waals surface area contributed by atoms with Gasteiger partial charge in [-0.3, -0.25) is 4.98 Å². The van der Waals surface area contributed by atoms with Crippen LogP contribution in [-0.4, -0.2) is 33.6 Å². The molecule has 1 aromatic heterocycles. The summed E-state index contributed by atoms with van der Waals surface area (Å²) in [5.74, 6) is 1.38. The normalized spacial score (nSPS) is 25.8. The Hall–Kier alpha value is -0.480. The van der Waals surface area contributed by atoms with Crippen LogP contribution in [-0.2, 0) is 5.88 Å². The van der Waals surface area contributed by atoms with Gasteiger partial charge in [-0.1, -0.05) is 13.8 Å². The van der Waals surface area contributed by atoms with Crippen LogP contribution in [0.4, 0.5) is 5.82 Å². The van der Waals surface area contributed by atoms with E-state index < -0.39 is 0 Å². The first kappa shape index (κ1) is 12.0. The molecule has 1 aliphatic rings. The quantitative estimate of drug-likeness (QED) is 0.762. The van der Waals surface area contributed by atoms with Crippen molar-refractivity contribution in [3.8, 4) is 0 Å². The molecule has 0 amide bonds. The number of halogens is 1. The van der Waals surface area contributed by atoms with Crippen LogP contribution in [0, 0.1) is 0 Å². The van der Waals surface area contributed by atoms with E-state index in [-0.39, 0.29) is 0 Å². The third-order valence-electron chi connectivity index (χ3n) is 2.55. The van der Waals surface area contributed by atoms with E-state index in [0.29, 0.717) is 16.4 Å². The van der Waals surface area contributed by atoms with Crippen molar-refractivity contribution in [2.45, 2.75) is 30.2 Å². The zero-order valence-electron chi connectivity index (χ0n) is 9.56. The SMILES string of the molecule is CC1CN(c2cncc(CCl)n2)CC(C)S1. The van der Waals surface area contributed by atoms with Crippen LogP contribution in [0.15, 0.2) is 12.4 Å². The molecular formula is C11H16ClN3S. The average Bonchev–Trinajstić information content (AvgIpc) is 2.28. The van der Waals surface area contributed by atoms with Gasteiger partial charge in [-0.2, -0.15) is 11.8 Å². The van der Waals surface area contributed by atoms with Gasteiger partial charge in [-0.25, -0.2) is 4.98 Å². The zero-order valence-corrected chi connectivity index (χ0v) is 11.1. The van der Waals surface area contributed by atoms with E-state index >= 15 is 0 Å². The number of rotatable bonds is 2. The molecule has 0 aromatic carbocycles. The van der Waals surface area contributed by atoms with E-state index in [2.05, 4.69) is 28.7 Å². The molecule has 2 heterocycles. The molecule has 16 heavy (non-hydrogen) atoms. The van der Waals surface area contributed by atoms with Gasteiger partial charge >= 0.3 is 0 Å². The number of hydrogen-bond acceptors (Lipinski definition) is 4. The van der Waals surface area contributed by atoms with Crippen molar-refractivity contribution in [3.05, 3.63) is 18.1 Å². The molecule has 0 aliphatic carbocycles. The molecule has 3 nitrogen and oxygen atoms in total. The van der Waals surface area contributed by atoms with Crippen molar-refractivity contribution in [1.82, 2.24) is 9.97 Å². The molecule has 0 bridgehead atoms. The molecule has 0 radical (unpaired) electrons. The highest BCUT2D eigenvalue weighted by Gasteiger charge is 2.23. The lowest BCUT2D eigenvalue weighted by atomic mass is 10.3. The van der Waals surface area contributed by atoms with E-state index in [4.69, 9.17) is 11.6 Å². The fourth-order valence-corrected chi connectivity index (χ4v) is 3.43. The molecule has 1 aromatic rings. The van der Waals surface area contributed by atoms with Crippen LogP contribution >= 0.6 is 23.4 Å². The lowest BCUT2D eigenvalue weighted by Crippen LogP contribution is -2.41. The fourth-order valence-electron chi connectivity index (χ4n) is 1.98. The minimum atomic E-state index is 0.425. The standard InChI is InChI=1S/C11H16ClN3S/c1-8-6-15(7-9(2)16-8)11-5-13-4-10(3-12)14-11/h4-5,8-9H,3,6-7H2,1-2H3. The first-order valence-corrected chi connectivity index (χ1v) is 6.94. The summed E-state index contributed by atoms with van der Waals surface area (Å²) in [4.78, 5) is 11.0. The Labute approximate surface area is 106 Å². The van der Waals surface area contributed by atoms with Crippen molar-refractivity contribution in [3.63, 3.8) is 0 Å². The van der Waals surface area contributed by atoms with Gasteiger partial charge in [0.2, 0.25) is 0 Å². The first-order valence-electron chi connectivity index (χ1n) is 5.46. The predicted molar refractivity (Wildman–Crippen MR) is 70.3 cm³/mol. The molecule has 1 aliphatic heterocycles. The summed E-state index contributed by atoms with van der Waals surface area (Å²) < 4.78 is 0. The van der Waals surface area contributed by atoms with Crippen LogP contribution in [0.2, 0.25) is 0 Å². The molecule has 0 spiro atoms. The van der Waals surface area contributed by atoms with Gasteiger partial charge in [0.1, 0.15) is 5.82 Å². The van der Waals surface area contributed by atoms with Gasteiger partial charge < -0.3 is 4.90 Å². The number of aromatic nitrogens is 2. The maximum atomic E-state index is 5.77. The van der Waals surface area contributed by atoms with Crippen molar-refractivity contribution in [2.75, 3.05) is 18.0 Å². The lowest BCUT2D eigenvalue weighted by molar-refractivity contribution is 0.714. The average molecular weight is 258 g/mol. The number of thioether (sulfide) groups is 1. The molecule has 0 saturated carbocycles. The number of alkyl halides is 1. The molecule has 2 atom stereocenters. The highest BCUT2D eigenvalue weighted by atomic mass is 35.5. The molecule has 2 unspecified atom stereocenters. The number of hydrogen-bond donors (Lipinski definition) is 0. The zero-order chi connectivity index (χ0) is 11.5. The number of anilines is 1. The Kier molecular flexibility index (Phi) is 3.92. The van der Waals surface area contributed by atoms with Crippen molar-refractivity contribution in [2.24, 2.45) is 0 Å². The van der Waals surface area contributed by atoms with Gasteiger partial charge in [0.05, 0.1) is 17.8 Å². The first-order chi connectivity index (χ1) is 7.69. The lowest BCUT2D eigenvalue weighted by Gasteiger charge is -2.35. The van der Waals surface area contributed by atoms with Crippen LogP contribution < -0.4 is 4.90 Å². The molecule has 5 heteroatoms. The molecule has 0 N–H and O–H groups in total. The highest BCUT2D eigenvalue weighted by molar-refractivity contribution is 8.00. The van der Waals surface area contributed by atoms with E-state index in [9.17, 15) is 0 Å². The minimum absolute atomic E-state index is 0.425. The third-order valence-corrected chi connectivity index (χ3v) is 4.05. The summed E-state index contributed by atoms with van der Waals surface area (Å²) in [5, 5.41) is 1.29. The smallest absolute Gasteiger partial charge is 0.147 e. The third kappa shape index (κ3) is 2.80. The monoisotopic (exact) mass is 257 g/mol. The van der Waals surface area contributed by atoms with Gasteiger partial charge in [0, 0.05) is 29.8 Å². The van der Waals surface area contributed by atoms with E-state index in [1.807, 2.05) is 18.0 Å². The number of nitrogens with zero attached hydrogens (tertiary/aromatic N) is 3. The topological polar surface area (TPSA) is 29.0 Å². The fraction of sp³-hybridized carbons (Fsp3) is 0.636. The van der Waals surface area contributed by atoms with Crippen LogP contribution in [0.3, 0.4) is 0 Å². The van der Waals surface area contributed by atoms with Gasteiger partial charge in [0.25, 0.3) is 0 Å². The van der Waals surface area contributed by atoms with E-state index in [1.165, 1.54) is 0 Å². The van der Waals surface area contributed by atoms with Crippen molar-refractivity contribution in [1.29, 1.82) is 0 Å². The Morgan fingerprint density at radius 3 is 2.69 bits per heavy atom. The maximum Gasteiger partial charge on any atom is 0.147 e. The largest absolute Gasteiger partial charge is 0.353 e. The maximum absolute atomic E-state index is 5.77. The predicted octanol–water partition coefficient (Wildman–Crippen LogP) is 2.55. The van der Waals surface area contributed by atoms with Crippen molar-refractivity contribution < 1.29 is 0 Å². The van der Waals surface area contributed by atoms with E-state index in [0.717, 1.165) is 24.6 Å². The summed E-state index contributed by atoms with van der Waals surface area (Å²) in [6.45, 7) is 6.59. The Morgan fingerprint density at radius 2 is 2.06 bits per heavy atom. The molecule has 2 rings (SSSR count). The highest BCUT2D eigenvalue weighted by Crippen LogP contribution is 2.27. The molecule has 1 saturated heterocycles. The van der Waals surface area contributed by atoms with E-state index in [1.54, 1.807) is 6.20 Å². The summed E-state index contributed by atoms with van der Waals surface area (Å²) >= 11 is 7.80. The van der Waals surface area contributed by atoms with Gasteiger partial charge in [-0.15, -0.1) is 11.6 Å². The Balaban J connectivity index is 2.16. The Morgan fingerprint density at radius 1 is 1.38 bits per heavy atom. The van der Waals surface area contributed by atoms with Crippen molar-refractivity contribution >= 4 is 29.2 Å². The summed E-state index contributed by atoms with van der Waals surface area (Å²) in [6, 6.07) is 0. The second-order valence-corrected chi connectivity index (χ2v) is 6.31. The molecule has 1 fully saturated rings. The van der Waals surface area contributed by atoms with Crippen LogP contribution in [0.5, 0.6) is 0 Å². The minimum Gasteiger partial charge on any atom is -0.353 e. The second kappa shape index (κ2) is 5.23. The summed E-state index contributed by atoms with van der Waals surface area (Å²) in [5.41, 5.74) is 0.845. The Bertz CT molecular complexity index is 351. The second-order valence-electron chi connectivity index (χ2n) is 4.16. The van der Waals surface area contributed by atoms with Gasteiger partial charge in [-0.05, 0) is 0 Å². The summed E-state index contributed by atoms with van der Waals surface area (Å²) in [7, 11) is 0. The van der Waals surface area contributed by atoms with Crippen LogP contribution in [0.25, 0.3) is 0 Å². The summed E-state index contributed by atoms with van der Waals surface area (Å²) in [6.07, 6.45) is 3.55. The van der Waals surface area contributed by atoms with Crippen LogP contribution in [0.1, 0.15) is 19.5 Å². The molecular weight excluding hydrogens is 242 g/mol. The molecule has 88 valence electrons.